The van der Waals surface area contributed by atoms with Crippen molar-refractivity contribution < 1.29 is 8.42 Å². The minimum Gasteiger partial charge on any atom is -0.328 e. The average molecular weight is 355 g/mol. The first-order chi connectivity index (χ1) is 10.6. The zero-order valence-corrected chi connectivity index (χ0v) is 14.1. The van der Waals surface area contributed by atoms with Crippen LogP contribution in [0.3, 0.4) is 0 Å². The Morgan fingerprint density at radius 3 is 2.17 bits per heavy atom. The van der Waals surface area contributed by atoms with Crippen molar-refractivity contribution in [1.29, 1.82) is 0 Å². The summed E-state index contributed by atoms with van der Waals surface area (Å²) < 4.78 is 26.5. The van der Waals surface area contributed by atoms with Gasteiger partial charge in [0.15, 0.2) is 5.82 Å². The topological polar surface area (TPSA) is 89.2 Å². The molecule has 1 aliphatic heterocycles. The highest BCUT2D eigenvalue weighted by atomic mass is 35.5. The van der Waals surface area contributed by atoms with Crippen molar-refractivity contribution in [2.45, 2.75) is 23.8 Å². The summed E-state index contributed by atoms with van der Waals surface area (Å²) in [5.41, 5.74) is 6.67. The van der Waals surface area contributed by atoms with Crippen LogP contribution < -0.4 is 5.73 Å². The number of piperidine rings is 1. The molecule has 1 aromatic carbocycles. The molecule has 2 N–H and O–H groups in total. The lowest BCUT2D eigenvalue weighted by Crippen LogP contribution is -2.42. The Hall–Kier alpha value is -1.54. The third-order valence-electron chi connectivity index (χ3n) is 3.80. The number of hydrogen-bond acceptors (Lipinski definition) is 5. The number of rotatable bonds is 3. The quantitative estimate of drug-likeness (QED) is 0.905. The van der Waals surface area contributed by atoms with Gasteiger partial charge in [-0.2, -0.15) is 4.31 Å². The van der Waals surface area contributed by atoms with Gasteiger partial charge in [0.25, 0.3) is 0 Å². The van der Waals surface area contributed by atoms with E-state index in [1.807, 2.05) is 30.3 Å². The minimum atomic E-state index is -3.53. The molecule has 0 amide bonds. The fourth-order valence-corrected chi connectivity index (χ4v) is 3.81. The Bertz CT molecular complexity index is 730. The van der Waals surface area contributed by atoms with Crippen molar-refractivity contribution in [1.82, 2.24) is 14.3 Å². The predicted octanol–water partition coefficient (Wildman–Crippen LogP) is 1.68. The second kappa shape index (κ2) is 7.35. The summed E-state index contributed by atoms with van der Waals surface area (Å²) in [5, 5.41) is 0. The molecular weight excluding hydrogens is 336 g/mol. The molecule has 0 unspecified atom stereocenters. The fourth-order valence-electron chi connectivity index (χ4n) is 2.45. The van der Waals surface area contributed by atoms with Gasteiger partial charge in [-0.1, -0.05) is 30.3 Å². The van der Waals surface area contributed by atoms with Crippen LogP contribution in [-0.4, -0.2) is 41.8 Å². The predicted molar refractivity (Wildman–Crippen MR) is 90.7 cm³/mol. The molecule has 0 radical (unpaired) electrons. The van der Waals surface area contributed by atoms with Crippen LogP contribution in [0.15, 0.2) is 47.6 Å². The van der Waals surface area contributed by atoms with Crippen LogP contribution in [0.25, 0.3) is 11.4 Å². The standard InChI is InChI=1S/C15H18N4O2S.ClH/c16-13-6-8-19(9-7-13)22(20,21)14-10-17-15(18-11-14)12-4-2-1-3-5-12;/h1-5,10-11,13H,6-9,16H2;1H. The van der Waals surface area contributed by atoms with E-state index in [1.165, 1.54) is 16.7 Å². The molecule has 0 saturated carbocycles. The summed E-state index contributed by atoms with van der Waals surface area (Å²) in [7, 11) is -3.53. The number of nitrogens with zero attached hydrogens (tertiary/aromatic N) is 3. The molecule has 3 rings (SSSR count). The maximum atomic E-state index is 12.5. The second-order valence-electron chi connectivity index (χ2n) is 5.35. The maximum Gasteiger partial charge on any atom is 0.246 e. The van der Waals surface area contributed by atoms with Crippen molar-refractivity contribution in [3.05, 3.63) is 42.7 Å². The van der Waals surface area contributed by atoms with Gasteiger partial charge in [-0.05, 0) is 12.8 Å². The smallest absolute Gasteiger partial charge is 0.246 e. The summed E-state index contributed by atoms with van der Waals surface area (Å²) in [5.74, 6) is 0.514. The van der Waals surface area contributed by atoms with Gasteiger partial charge in [0.1, 0.15) is 4.90 Å². The van der Waals surface area contributed by atoms with Crippen LogP contribution in [0.1, 0.15) is 12.8 Å². The molecule has 1 aliphatic rings. The molecule has 2 aromatic rings. The third-order valence-corrected chi connectivity index (χ3v) is 5.65. The molecule has 6 nitrogen and oxygen atoms in total. The summed E-state index contributed by atoms with van der Waals surface area (Å²) in [6, 6.07) is 9.54. The molecule has 8 heteroatoms. The van der Waals surface area contributed by atoms with Crippen LogP contribution in [0, 0.1) is 0 Å². The molecule has 23 heavy (non-hydrogen) atoms. The summed E-state index contributed by atoms with van der Waals surface area (Å²) in [6.45, 7) is 0.897. The minimum absolute atomic E-state index is 0. The number of halogens is 1. The monoisotopic (exact) mass is 354 g/mol. The van der Waals surface area contributed by atoms with E-state index >= 15 is 0 Å². The highest BCUT2D eigenvalue weighted by molar-refractivity contribution is 7.89. The number of benzene rings is 1. The lowest BCUT2D eigenvalue weighted by molar-refractivity contribution is 0.320. The van der Waals surface area contributed by atoms with Crippen molar-refractivity contribution in [3.63, 3.8) is 0 Å². The van der Waals surface area contributed by atoms with Crippen molar-refractivity contribution >= 4 is 22.4 Å². The normalized spacial score (nSPS) is 16.7. The van der Waals surface area contributed by atoms with E-state index in [1.54, 1.807) is 0 Å². The van der Waals surface area contributed by atoms with Crippen LogP contribution in [0.2, 0.25) is 0 Å². The van der Waals surface area contributed by atoms with Gasteiger partial charge in [-0.25, -0.2) is 18.4 Å². The van der Waals surface area contributed by atoms with Gasteiger partial charge >= 0.3 is 0 Å². The first kappa shape index (κ1) is 17.8. The molecule has 1 aromatic heterocycles. The molecule has 2 heterocycles. The van der Waals surface area contributed by atoms with E-state index in [-0.39, 0.29) is 23.3 Å². The molecule has 0 bridgehead atoms. The average Bonchev–Trinajstić information content (AvgIpc) is 2.56. The van der Waals surface area contributed by atoms with E-state index in [4.69, 9.17) is 5.73 Å². The Labute approximate surface area is 142 Å². The van der Waals surface area contributed by atoms with Gasteiger partial charge in [0.05, 0.1) is 12.4 Å². The van der Waals surface area contributed by atoms with Crippen molar-refractivity contribution in [2.75, 3.05) is 13.1 Å². The largest absolute Gasteiger partial charge is 0.328 e. The van der Waals surface area contributed by atoms with Gasteiger partial charge in [0.2, 0.25) is 10.0 Å². The molecular formula is C15H19ClN4O2S. The molecule has 0 atom stereocenters. The van der Waals surface area contributed by atoms with Gasteiger partial charge in [0, 0.05) is 24.7 Å². The van der Waals surface area contributed by atoms with E-state index in [0.29, 0.717) is 31.8 Å². The third kappa shape index (κ3) is 3.87. The lowest BCUT2D eigenvalue weighted by Gasteiger charge is -2.29. The maximum absolute atomic E-state index is 12.5. The molecule has 0 aliphatic carbocycles. The Morgan fingerprint density at radius 1 is 1.04 bits per heavy atom. The zero-order chi connectivity index (χ0) is 15.6. The van der Waals surface area contributed by atoms with Crippen LogP contribution in [-0.2, 0) is 10.0 Å². The first-order valence-electron chi connectivity index (χ1n) is 7.20. The number of aromatic nitrogens is 2. The zero-order valence-electron chi connectivity index (χ0n) is 12.5. The van der Waals surface area contributed by atoms with E-state index in [9.17, 15) is 8.42 Å². The van der Waals surface area contributed by atoms with E-state index < -0.39 is 10.0 Å². The molecule has 1 fully saturated rings. The number of nitrogens with two attached hydrogens (primary N) is 1. The first-order valence-corrected chi connectivity index (χ1v) is 8.64. The van der Waals surface area contributed by atoms with Gasteiger partial charge in [-0.15, -0.1) is 12.4 Å². The molecule has 124 valence electrons. The van der Waals surface area contributed by atoms with Gasteiger partial charge < -0.3 is 5.73 Å². The highest BCUT2D eigenvalue weighted by Gasteiger charge is 2.28. The lowest BCUT2D eigenvalue weighted by atomic mass is 10.1. The highest BCUT2D eigenvalue weighted by Crippen LogP contribution is 2.20. The van der Waals surface area contributed by atoms with E-state index in [0.717, 1.165) is 5.56 Å². The number of hydrogen-bond donors (Lipinski definition) is 1. The van der Waals surface area contributed by atoms with Crippen LogP contribution in [0.4, 0.5) is 0 Å². The fraction of sp³-hybridized carbons (Fsp3) is 0.333. The molecule has 1 saturated heterocycles. The summed E-state index contributed by atoms with van der Waals surface area (Å²) in [6.07, 6.45) is 4.11. The Kier molecular flexibility index (Phi) is 5.69. The Balaban J connectivity index is 0.00000192. The SMILES string of the molecule is Cl.NC1CCN(S(=O)(=O)c2cnc(-c3ccccc3)nc2)CC1. The number of sulfonamides is 1. The van der Waals surface area contributed by atoms with E-state index in [2.05, 4.69) is 9.97 Å². The van der Waals surface area contributed by atoms with Crippen LogP contribution >= 0.6 is 12.4 Å². The van der Waals surface area contributed by atoms with Crippen molar-refractivity contribution in [2.24, 2.45) is 5.73 Å². The van der Waals surface area contributed by atoms with Crippen molar-refractivity contribution in [3.8, 4) is 11.4 Å². The summed E-state index contributed by atoms with van der Waals surface area (Å²) in [4.78, 5) is 8.49. The Morgan fingerprint density at radius 2 is 1.61 bits per heavy atom. The second-order valence-corrected chi connectivity index (χ2v) is 7.29. The summed E-state index contributed by atoms with van der Waals surface area (Å²) >= 11 is 0. The molecule has 0 spiro atoms. The van der Waals surface area contributed by atoms with Crippen LogP contribution in [0.5, 0.6) is 0 Å². The van der Waals surface area contributed by atoms with Gasteiger partial charge in [-0.3, -0.25) is 0 Å².